The highest BCUT2D eigenvalue weighted by Gasteiger charge is 2.45. The van der Waals surface area contributed by atoms with Crippen LogP contribution in [0, 0.1) is 0 Å². The van der Waals surface area contributed by atoms with Gasteiger partial charge in [0, 0.05) is 0 Å². The van der Waals surface area contributed by atoms with Crippen LogP contribution in [0.15, 0.2) is 30.3 Å². The van der Waals surface area contributed by atoms with Crippen molar-refractivity contribution < 1.29 is 34.7 Å². The van der Waals surface area contributed by atoms with Crippen molar-refractivity contribution in [3.63, 3.8) is 0 Å². The number of aliphatic hydroxyl groups is 4. The summed E-state index contributed by atoms with van der Waals surface area (Å²) in [5, 5.41) is 37.9. The fraction of sp³-hybridized carbons (Fsp3) is 0.462. The first kappa shape index (κ1) is 21.1. The Morgan fingerprint density at radius 2 is 1.64 bits per heavy atom. The van der Waals surface area contributed by atoms with Crippen molar-refractivity contribution in [1.29, 1.82) is 0 Å². The quantitative estimate of drug-likeness (QED) is 0.538. The van der Waals surface area contributed by atoms with E-state index in [2.05, 4.69) is 0 Å². The largest absolute Gasteiger partial charge is 0.429 e. The van der Waals surface area contributed by atoms with Gasteiger partial charge >= 0.3 is 5.97 Å². The van der Waals surface area contributed by atoms with Crippen molar-refractivity contribution in [3.8, 4) is 0 Å². The number of esters is 1. The third-order valence-electron chi connectivity index (χ3n) is 3.08. The van der Waals surface area contributed by atoms with Crippen molar-refractivity contribution >= 4 is 30.8 Å². The molecule has 126 valence electrons. The highest BCUT2D eigenvalue weighted by atomic mass is 35.5. The fourth-order valence-corrected chi connectivity index (χ4v) is 1.91. The summed E-state index contributed by atoms with van der Waals surface area (Å²) in [6.07, 6.45) is -7.23. The van der Waals surface area contributed by atoms with E-state index in [1.165, 1.54) is 12.1 Å². The molecule has 22 heavy (non-hydrogen) atoms. The van der Waals surface area contributed by atoms with E-state index in [-0.39, 0.29) is 30.4 Å². The molecule has 0 amide bonds. The molecule has 0 spiro atoms. The number of hydrogen-bond donors (Lipinski definition) is 4. The van der Waals surface area contributed by atoms with Crippen molar-refractivity contribution in [2.24, 2.45) is 0 Å². The number of benzene rings is 1. The normalized spacial score (nSPS) is 30.6. The van der Waals surface area contributed by atoms with Crippen molar-refractivity contribution in [1.82, 2.24) is 0 Å². The minimum atomic E-state index is -1.60. The molecule has 4 N–H and O–H groups in total. The molecular formula is C13H18Cl2O7. The molecule has 1 aromatic carbocycles. The van der Waals surface area contributed by atoms with Gasteiger partial charge in [0.25, 0.3) is 0 Å². The highest BCUT2D eigenvalue weighted by molar-refractivity contribution is 5.89. The van der Waals surface area contributed by atoms with Gasteiger partial charge in [-0.3, -0.25) is 0 Å². The maximum absolute atomic E-state index is 11.8. The molecule has 1 aromatic rings. The van der Waals surface area contributed by atoms with E-state index >= 15 is 0 Å². The van der Waals surface area contributed by atoms with Gasteiger partial charge in [0.1, 0.15) is 24.4 Å². The second-order valence-electron chi connectivity index (χ2n) is 4.47. The Morgan fingerprint density at radius 3 is 2.18 bits per heavy atom. The Balaban J connectivity index is 0.00000220. The molecule has 1 saturated heterocycles. The molecule has 7 nitrogen and oxygen atoms in total. The zero-order chi connectivity index (χ0) is 14.7. The van der Waals surface area contributed by atoms with Crippen LogP contribution in [0.4, 0.5) is 0 Å². The predicted molar refractivity (Wildman–Crippen MR) is 80.1 cm³/mol. The highest BCUT2D eigenvalue weighted by Crippen LogP contribution is 2.22. The van der Waals surface area contributed by atoms with E-state index in [9.17, 15) is 20.1 Å². The second-order valence-corrected chi connectivity index (χ2v) is 4.47. The molecule has 0 aliphatic carbocycles. The van der Waals surface area contributed by atoms with Crippen LogP contribution >= 0.6 is 24.8 Å². The Labute approximate surface area is 139 Å². The molecule has 1 aliphatic heterocycles. The van der Waals surface area contributed by atoms with Gasteiger partial charge in [0.05, 0.1) is 12.2 Å². The molecular weight excluding hydrogens is 339 g/mol. The molecule has 2 rings (SSSR count). The molecule has 9 heteroatoms. The number of aliphatic hydroxyl groups excluding tert-OH is 4. The van der Waals surface area contributed by atoms with Gasteiger partial charge in [0.15, 0.2) is 0 Å². The van der Waals surface area contributed by atoms with Gasteiger partial charge in [-0.1, -0.05) is 18.2 Å². The number of carbonyl (C=O) groups is 1. The minimum Gasteiger partial charge on any atom is -0.429 e. The van der Waals surface area contributed by atoms with Crippen molar-refractivity contribution in [2.45, 2.75) is 30.7 Å². The molecule has 0 bridgehead atoms. The Bertz CT molecular complexity index is 457. The van der Waals surface area contributed by atoms with Crippen LogP contribution < -0.4 is 0 Å². The summed E-state index contributed by atoms with van der Waals surface area (Å²) in [7, 11) is 0. The summed E-state index contributed by atoms with van der Waals surface area (Å²) in [4.78, 5) is 11.8. The lowest BCUT2D eigenvalue weighted by Crippen LogP contribution is -2.59. The Morgan fingerprint density at radius 1 is 1.05 bits per heavy atom. The lowest BCUT2D eigenvalue weighted by molar-refractivity contribution is -0.285. The van der Waals surface area contributed by atoms with Crippen molar-refractivity contribution in [3.05, 3.63) is 35.9 Å². The van der Waals surface area contributed by atoms with E-state index in [0.717, 1.165) is 0 Å². The number of hydrogen-bond acceptors (Lipinski definition) is 7. The predicted octanol–water partition coefficient (Wildman–Crippen LogP) is -0.513. The first-order valence-electron chi connectivity index (χ1n) is 6.11. The van der Waals surface area contributed by atoms with E-state index < -0.39 is 43.3 Å². The summed E-state index contributed by atoms with van der Waals surface area (Å²) in [6.45, 7) is -0.579. The van der Waals surface area contributed by atoms with E-state index in [1.807, 2.05) is 0 Å². The Kier molecular flexibility index (Phi) is 8.87. The molecule has 1 heterocycles. The van der Waals surface area contributed by atoms with Gasteiger partial charge in [-0.15, -0.1) is 24.8 Å². The number of rotatable bonds is 3. The molecule has 0 saturated carbocycles. The van der Waals surface area contributed by atoms with Crippen LogP contribution in [0.25, 0.3) is 0 Å². The molecule has 0 aromatic heterocycles. The van der Waals surface area contributed by atoms with E-state index in [0.29, 0.717) is 0 Å². The molecule has 0 radical (unpaired) electrons. The third kappa shape index (κ3) is 4.53. The smallest absolute Gasteiger partial charge is 0.340 e. The SMILES string of the molecule is Cl.Cl.O=C(O[C@@H]1O[C@H](CO)[C@@H](O)[C@H](O)[C@H]1O)c1ccccc1. The minimum absolute atomic E-state index is 0. The van der Waals surface area contributed by atoms with Crippen LogP contribution in [0.1, 0.15) is 10.4 Å². The van der Waals surface area contributed by atoms with Gasteiger partial charge in [0.2, 0.25) is 6.29 Å². The lowest BCUT2D eigenvalue weighted by atomic mass is 9.99. The molecule has 5 atom stereocenters. The monoisotopic (exact) mass is 356 g/mol. The standard InChI is InChI=1S/C13H16O7.2ClH/c14-6-8-9(15)10(16)11(17)13(19-8)20-12(18)7-4-2-1-3-5-7;;/h1-5,8-11,13-17H,6H2;2*1H/t8-,9-,10+,11-,13+;;/m1../s1. The second kappa shape index (κ2) is 9.26. The summed E-state index contributed by atoms with van der Waals surface area (Å²) < 4.78 is 10.0. The summed E-state index contributed by atoms with van der Waals surface area (Å²) in [5.41, 5.74) is 0.254. The molecule has 0 unspecified atom stereocenters. The van der Waals surface area contributed by atoms with Gasteiger partial charge in [-0.2, -0.15) is 0 Å². The van der Waals surface area contributed by atoms with Crippen LogP contribution in [0.3, 0.4) is 0 Å². The van der Waals surface area contributed by atoms with Crippen LogP contribution in [0.2, 0.25) is 0 Å². The first-order chi connectivity index (χ1) is 9.54. The maximum Gasteiger partial charge on any atom is 0.340 e. The summed E-state index contributed by atoms with van der Waals surface area (Å²) >= 11 is 0. The van der Waals surface area contributed by atoms with E-state index in [4.69, 9.17) is 14.6 Å². The maximum atomic E-state index is 11.8. The summed E-state index contributed by atoms with van der Waals surface area (Å²) in [6, 6.07) is 8.05. The molecule has 1 fully saturated rings. The average Bonchev–Trinajstić information content (AvgIpc) is 2.48. The zero-order valence-electron chi connectivity index (χ0n) is 11.3. The fourth-order valence-electron chi connectivity index (χ4n) is 1.91. The zero-order valence-corrected chi connectivity index (χ0v) is 12.9. The van der Waals surface area contributed by atoms with Crippen molar-refractivity contribution in [2.75, 3.05) is 6.61 Å². The number of ether oxygens (including phenoxy) is 2. The third-order valence-corrected chi connectivity index (χ3v) is 3.08. The topological polar surface area (TPSA) is 116 Å². The van der Waals surface area contributed by atoms with Gasteiger partial charge < -0.3 is 29.9 Å². The van der Waals surface area contributed by atoms with Crippen LogP contribution in [-0.4, -0.2) is 63.7 Å². The lowest BCUT2D eigenvalue weighted by Gasteiger charge is -2.39. The average molecular weight is 357 g/mol. The summed E-state index contributed by atoms with van der Waals surface area (Å²) in [5.74, 6) is -0.741. The van der Waals surface area contributed by atoms with E-state index in [1.54, 1.807) is 18.2 Å². The molecule has 1 aliphatic rings. The number of carbonyl (C=O) groups excluding carboxylic acids is 1. The van der Waals surface area contributed by atoms with Gasteiger partial charge in [-0.05, 0) is 12.1 Å². The Hall–Kier alpha value is -0.930. The van der Waals surface area contributed by atoms with Crippen LogP contribution in [0.5, 0.6) is 0 Å². The van der Waals surface area contributed by atoms with Gasteiger partial charge in [-0.25, -0.2) is 4.79 Å². The van der Waals surface area contributed by atoms with Crippen LogP contribution in [-0.2, 0) is 9.47 Å². The first-order valence-corrected chi connectivity index (χ1v) is 6.11. The number of halogens is 2.